The van der Waals surface area contributed by atoms with Crippen molar-refractivity contribution in [1.29, 1.82) is 0 Å². The van der Waals surface area contributed by atoms with Crippen LogP contribution in [0.1, 0.15) is 0 Å². The highest BCUT2D eigenvalue weighted by atomic mass is 16.5. The molecule has 2 rings (SSSR count). The average Bonchev–Trinajstić information content (AvgIpc) is 2.38. The van der Waals surface area contributed by atoms with Crippen molar-refractivity contribution in [3.63, 3.8) is 0 Å². The van der Waals surface area contributed by atoms with E-state index < -0.39 is 0 Å². The Morgan fingerprint density at radius 1 is 1.31 bits per heavy atom. The summed E-state index contributed by atoms with van der Waals surface area (Å²) in [5, 5.41) is 11.9. The maximum absolute atomic E-state index is 8.76. The normalized spacial score (nSPS) is 16.2. The maximum atomic E-state index is 8.76. The van der Waals surface area contributed by atoms with E-state index in [0.717, 1.165) is 32.0 Å². The van der Waals surface area contributed by atoms with Gasteiger partial charge in [0.05, 0.1) is 19.8 Å². The summed E-state index contributed by atoms with van der Waals surface area (Å²) in [6, 6.07) is 8.26. The molecule has 1 fully saturated rings. The first-order chi connectivity index (χ1) is 7.90. The predicted octanol–water partition coefficient (Wildman–Crippen LogP) is 0.927. The van der Waals surface area contributed by atoms with Crippen molar-refractivity contribution < 1.29 is 9.84 Å². The zero-order valence-corrected chi connectivity index (χ0v) is 9.35. The van der Waals surface area contributed by atoms with Gasteiger partial charge in [0, 0.05) is 31.0 Å². The number of ether oxygens (including phenoxy) is 1. The Hall–Kier alpha value is -1.26. The standard InChI is InChI=1S/C12H18N2O2/c15-7-4-13-11-2-1-3-12(10-11)14-5-8-16-9-6-14/h1-3,10,13,15H,4-9H2. The Bertz CT molecular complexity index is 325. The van der Waals surface area contributed by atoms with E-state index in [1.807, 2.05) is 12.1 Å². The van der Waals surface area contributed by atoms with Crippen molar-refractivity contribution in [2.45, 2.75) is 0 Å². The lowest BCUT2D eigenvalue weighted by Gasteiger charge is -2.29. The van der Waals surface area contributed by atoms with Crippen LogP contribution in [-0.2, 0) is 4.74 Å². The summed E-state index contributed by atoms with van der Waals surface area (Å²) in [6.45, 7) is 4.24. The number of rotatable bonds is 4. The van der Waals surface area contributed by atoms with Gasteiger partial charge in [0.25, 0.3) is 0 Å². The Morgan fingerprint density at radius 2 is 2.12 bits per heavy atom. The van der Waals surface area contributed by atoms with Gasteiger partial charge in [0.15, 0.2) is 0 Å². The fourth-order valence-corrected chi connectivity index (χ4v) is 1.83. The summed E-state index contributed by atoms with van der Waals surface area (Å²) in [5.74, 6) is 0. The van der Waals surface area contributed by atoms with Crippen LogP contribution in [-0.4, -0.2) is 44.6 Å². The Balaban J connectivity index is 2.02. The lowest BCUT2D eigenvalue weighted by Crippen LogP contribution is -2.36. The summed E-state index contributed by atoms with van der Waals surface area (Å²) < 4.78 is 5.33. The van der Waals surface area contributed by atoms with E-state index in [1.165, 1.54) is 5.69 Å². The molecule has 1 saturated heterocycles. The van der Waals surface area contributed by atoms with E-state index in [1.54, 1.807) is 0 Å². The predicted molar refractivity (Wildman–Crippen MR) is 65.0 cm³/mol. The average molecular weight is 222 g/mol. The molecule has 0 saturated carbocycles. The molecule has 1 heterocycles. The van der Waals surface area contributed by atoms with Gasteiger partial charge in [0.2, 0.25) is 0 Å². The largest absolute Gasteiger partial charge is 0.395 e. The van der Waals surface area contributed by atoms with E-state index in [2.05, 4.69) is 22.3 Å². The summed E-state index contributed by atoms with van der Waals surface area (Å²) >= 11 is 0. The summed E-state index contributed by atoms with van der Waals surface area (Å²) in [6.07, 6.45) is 0. The molecular weight excluding hydrogens is 204 g/mol. The third kappa shape index (κ3) is 2.87. The van der Waals surface area contributed by atoms with Crippen LogP contribution in [0, 0.1) is 0 Å². The monoisotopic (exact) mass is 222 g/mol. The zero-order chi connectivity index (χ0) is 11.2. The SMILES string of the molecule is OCCNc1cccc(N2CCOCC2)c1. The molecule has 1 aliphatic heterocycles. The number of morpholine rings is 1. The van der Waals surface area contributed by atoms with E-state index in [-0.39, 0.29) is 6.61 Å². The second-order valence-electron chi connectivity index (χ2n) is 3.80. The molecule has 4 nitrogen and oxygen atoms in total. The molecule has 0 unspecified atom stereocenters. The topological polar surface area (TPSA) is 44.7 Å². The third-order valence-electron chi connectivity index (χ3n) is 2.66. The molecule has 0 amide bonds. The number of nitrogens with one attached hydrogen (secondary N) is 1. The summed E-state index contributed by atoms with van der Waals surface area (Å²) in [7, 11) is 0. The fourth-order valence-electron chi connectivity index (χ4n) is 1.83. The smallest absolute Gasteiger partial charge is 0.0642 e. The zero-order valence-electron chi connectivity index (χ0n) is 9.35. The van der Waals surface area contributed by atoms with Crippen LogP contribution in [0.3, 0.4) is 0 Å². The van der Waals surface area contributed by atoms with Crippen molar-refractivity contribution in [2.24, 2.45) is 0 Å². The van der Waals surface area contributed by atoms with Gasteiger partial charge in [-0.1, -0.05) is 6.07 Å². The molecule has 0 spiro atoms. The molecule has 0 atom stereocenters. The second-order valence-corrected chi connectivity index (χ2v) is 3.80. The molecule has 0 aromatic heterocycles. The van der Waals surface area contributed by atoms with Crippen LogP contribution in [0.4, 0.5) is 11.4 Å². The molecule has 1 aromatic carbocycles. The molecular formula is C12H18N2O2. The van der Waals surface area contributed by atoms with Crippen LogP contribution in [0.5, 0.6) is 0 Å². The maximum Gasteiger partial charge on any atom is 0.0642 e. The first-order valence-electron chi connectivity index (χ1n) is 5.67. The highest BCUT2D eigenvalue weighted by molar-refractivity contribution is 5.58. The van der Waals surface area contributed by atoms with Crippen molar-refractivity contribution in [3.05, 3.63) is 24.3 Å². The highest BCUT2D eigenvalue weighted by Crippen LogP contribution is 2.20. The molecule has 1 aromatic rings. The molecule has 0 aliphatic carbocycles. The van der Waals surface area contributed by atoms with Gasteiger partial charge >= 0.3 is 0 Å². The highest BCUT2D eigenvalue weighted by Gasteiger charge is 2.10. The third-order valence-corrected chi connectivity index (χ3v) is 2.66. The van der Waals surface area contributed by atoms with E-state index in [4.69, 9.17) is 9.84 Å². The summed E-state index contributed by atoms with van der Waals surface area (Å²) in [5.41, 5.74) is 2.27. The number of hydrogen-bond acceptors (Lipinski definition) is 4. The fraction of sp³-hybridized carbons (Fsp3) is 0.500. The number of benzene rings is 1. The lowest BCUT2D eigenvalue weighted by molar-refractivity contribution is 0.122. The number of anilines is 2. The first-order valence-corrected chi connectivity index (χ1v) is 5.67. The van der Waals surface area contributed by atoms with Gasteiger partial charge in [-0.15, -0.1) is 0 Å². The first kappa shape index (κ1) is 11.2. The molecule has 1 aliphatic rings. The molecule has 4 heteroatoms. The van der Waals surface area contributed by atoms with Gasteiger partial charge in [-0.3, -0.25) is 0 Å². The number of hydrogen-bond donors (Lipinski definition) is 2. The minimum absolute atomic E-state index is 0.155. The molecule has 0 radical (unpaired) electrons. The van der Waals surface area contributed by atoms with E-state index in [9.17, 15) is 0 Å². The Morgan fingerprint density at radius 3 is 2.88 bits per heavy atom. The number of aliphatic hydroxyl groups is 1. The second kappa shape index (κ2) is 5.72. The van der Waals surface area contributed by atoms with E-state index >= 15 is 0 Å². The van der Waals surface area contributed by atoms with Crippen LogP contribution in [0.2, 0.25) is 0 Å². The van der Waals surface area contributed by atoms with Crippen molar-refractivity contribution in [3.8, 4) is 0 Å². The molecule has 88 valence electrons. The summed E-state index contributed by atoms with van der Waals surface area (Å²) in [4.78, 5) is 2.31. The van der Waals surface area contributed by atoms with Gasteiger partial charge in [-0.25, -0.2) is 0 Å². The van der Waals surface area contributed by atoms with Crippen LogP contribution in [0.15, 0.2) is 24.3 Å². The van der Waals surface area contributed by atoms with E-state index in [0.29, 0.717) is 6.54 Å². The molecule has 0 bridgehead atoms. The quantitative estimate of drug-likeness (QED) is 0.795. The molecule has 16 heavy (non-hydrogen) atoms. The van der Waals surface area contributed by atoms with Gasteiger partial charge < -0.3 is 20.1 Å². The van der Waals surface area contributed by atoms with Crippen LogP contribution in [0.25, 0.3) is 0 Å². The Labute approximate surface area is 95.8 Å². The number of nitrogens with zero attached hydrogens (tertiary/aromatic N) is 1. The molecule has 2 N–H and O–H groups in total. The van der Waals surface area contributed by atoms with Gasteiger partial charge in [-0.05, 0) is 18.2 Å². The minimum Gasteiger partial charge on any atom is -0.395 e. The van der Waals surface area contributed by atoms with Crippen LogP contribution >= 0.6 is 0 Å². The van der Waals surface area contributed by atoms with Gasteiger partial charge in [-0.2, -0.15) is 0 Å². The lowest BCUT2D eigenvalue weighted by atomic mass is 10.2. The van der Waals surface area contributed by atoms with Crippen LogP contribution < -0.4 is 10.2 Å². The minimum atomic E-state index is 0.155. The van der Waals surface area contributed by atoms with Crippen molar-refractivity contribution >= 4 is 11.4 Å². The Kier molecular flexibility index (Phi) is 4.02. The van der Waals surface area contributed by atoms with Gasteiger partial charge in [0.1, 0.15) is 0 Å². The number of aliphatic hydroxyl groups excluding tert-OH is 1. The van der Waals surface area contributed by atoms with Crippen molar-refractivity contribution in [2.75, 3.05) is 49.7 Å². The van der Waals surface area contributed by atoms with Crippen molar-refractivity contribution in [1.82, 2.24) is 0 Å².